The van der Waals surface area contributed by atoms with Crippen LogP contribution in [-0.4, -0.2) is 39.6 Å². The number of aromatic nitrogens is 2. The van der Waals surface area contributed by atoms with Crippen molar-refractivity contribution in [2.24, 2.45) is 5.41 Å². The Bertz CT molecular complexity index is 1080. The largest absolute Gasteiger partial charge is 0.481 e. The van der Waals surface area contributed by atoms with E-state index in [1.54, 1.807) is 4.90 Å². The topological polar surface area (TPSA) is 78.7 Å². The Hall–Kier alpha value is -3.61. The van der Waals surface area contributed by atoms with E-state index in [9.17, 15) is 14.7 Å². The highest BCUT2D eigenvalue weighted by Gasteiger charge is 2.45. The number of carbonyl (C=O) groups is 2. The number of para-hydroxylation sites is 2. The van der Waals surface area contributed by atoms with Gasteiger partial charge in [-0.2, -0.15) is 0 Å². The van der Waals surface area contributed by atoms with Crippen molar-refractivity contribution in [3.63, 3.8) is 0 Å². The standard InChI is InChI=1S/C26H28N4O3/c31-23(30(21-7-3-1-4-8-21)22-9-5-2-6-10-22)19-26(24(32)33)13-16-28(17-14-26)25-27-15-18-29(25)20-11-12-20/h1-10,15,18,20H,11-14,16-17,19H2,(H,32,33). The van der Waals surface area contributed by atoms with Crippen LogP contribution in [0.5, 0.6) is 0 Å². The molecule has 0 radical (unpaired) electrons. The van der Waals surface area contributed by atoms with E-state index in [1.165, 1.54) is 12.8 Å². The smallest absolute Gasteiger partial charge is 0.310 e. The fourth-order valence-electron chi connectivity index (χ4n) is 4.75. The summed E-state index contributed by atoms with van der Waals surface area (Å²) in [4.78, 5) is 34.4. The summed E-state index contributed by atoms with van der Waals surface area (Å²) in [6.45, 7) is 1.14. The first-order valence-corrected chi connectivity index (χ1v) is 11.5. The predicted octanol–water partition coefficient (Wildman–Crippen LogP) is 4.64. The third-order valence-electron chi connectivity index (χ3n) is 6.81. The fraction of sp³-hybridized carbons (Fsp3) is 0.346. The number of carbonyl (C=O) groups excluding carboxylic acids is 1. The van der Waals surface area contributed by atoms with Crippen molar-refractivity contribution in [1.29, 1.82) is 0 Å². The summed E-state index contributed by atoms with van der Waals surface area (Å²) < 4.78 is 2.20. The Kier molecular flexibility index (Phi) is 5.62. The van der Waals surface area contributed by atoms with Crippen molar-refractivity contribution in [2.75, 3.05) is 22.9 Å². The van der Waals surface area contributed by atoms with Crippen LogP contribution in [0.2, 0.25) is 0 Å². The zero-order valence-corrected chi connectivity index (χ0v) is 18.5. The zero-order chi connectivity index (χ0) is 22.8. The molecular weight excluding hydrogens is 416 g/mol. The van der Waals surface area contributed by atoms with E-state index in [2.05, 4.69) is 14.5 Å². The number of aliphatic carboxylic acids is 1. The van der Waals surface area contributed by atoms with Gasteiger partial charge in [-0.1, -0.05) is 36.4 Å². The average Bonchev–Trinajstić information content (AvgIpc) is 3.57. The first kappa shape index (κ1) is 21.2. The normalized spacial score (nSPS) is 17.5. The lowest BCUT2D eigenvalue weighted by Crippen LogP contribution is -2.47. The number of nitrogens with zero attached hydrogens (tertiary/aromatic N) is 4. The number of piperidine rings is 1. The van der Waals surface area contributed by atoms with E-state index in [4.69, 9.17) is 0 Å². The second kappa shape index (κ2) is 8.73. The summed E-state index contributed by atoms with van der Waals surface area (Å²) in [6.07, 6.45) is 6.92. The van der Waals surface area contributed by atoms with Gasteiger partial charge in [0.25, 0.3) is 0 Å². The summed E-state index contributed by atoms with van der Waals surface area (Å²) in [5, 5.41) is 10.2. The first-order valence-electron chi connectivity index (χ1n) is 11.5. The van der Waals surface area contributed by atoms with Gasteiger partial charge < -0.3 is 14.6 Å². The Morgan fingerprint density at radius 3 is 2.06 bits per heavy atom. The van der Waals surface area contributed by atoms with E-state index >= 15 is 0 Å². The minimum absolute atomic E-state index is 0.0446. The lowest BCUT2D eigenvalue weighted by molar-refractivity contribution is -0.152. The van der Waals surface area contributed by atoms with Crippen molar-refractivity contribution in [1.82, 2.24) is 9.55 Å². The maximum atomic E-state index is 13.6. The summed E-state index contributed by atoms with van der Waals surface area (Å²) in [5.41, 5.74) is 0.378. The Balaban J connectivity index is 1.37. The number of amides is 1. The van der Waals surface area contributed by atoms with Gasteiger partial charge in [-0.05, 0) is 49.9 Å². The molecule has 7 heteroatoms. The number of imidazole rings is 1. The van der Waals surface area contributed by atoms with Crippen LogP contribution in [0.25, 0.3) is 0 Å². The van der Waals surface area contributed by atoms with Crippen molar-refractivity contribution >= 4 is 29.2 Å². The molecule has 2 fully saturated rings. The van der Waals surface area contributed by atoms with Gasteiger partial charge in [-0.15, -0.1) is 0 Å². The molecule has 7 nitrogen and oxygen atoms in total. The molecule has 1 aliphatic carbocycles. The van der Waals surface area contributed by atoms with Gasteiger partial charge in [0.1, 0.15) is 0 Å². The lowest BCUT2D eigenvalue weighted by atomic mass is 9.75. The summed E-state index contributed by atoms with van der Waals surface area (Å²) in [5.74, 6) is -0.192. The average molecular weight is 445 g/mol. The van der Waals surface area contributed by atoms with E-state index in [0.717, 1.165) is 17.3 Å². The minimum atomic E-state index is -1.09. The number of carboxylic acids is 1. The molecule has 0 bridgehead atoms. The Morgan fingerprint density at radius 1 is 0.970 bits per heavy atom. The summed E-state index contributed by atoms with van der Waals surface area (Å²) in [6, 6.07) is 19.3. The SMILES string of the molecule is O=C(CC1(C(=O)O)CCN(c2nccn2C2CC2)CC1)N(c1ccccc1)c1ccccc1. The number of hydrogen-bond donors (Lipinski definition) is 1. The molecule has 2 heterocycles. The second-order valence-corrected chi connectivity index (χ2v) is 9.02. The highest BCUT2D eigenvalue weighted by Crippen LogP contribution is 2.41. The molecule has 170 valence electrons. The molecule has 3 aromatic rings. The Morgan fingerprint density at radius 2 is 1.55 bits per heavy atom. The van der Waals surface area contributed by atoms with Crippen molar-refractivity contribution in [3.8, 4) is 0 Å². The maximum Gasteiger partial charge on any atom is 0.310 e. The van der Waals surface area contributed by atoms with Gasteiger partial charge >= 0.3 is 5.97 Å². The molecule has 0 atom stereocenters. The van der Waals surface area contributed by atoms with Gasteiger partial charge in [0.05, 0.1) is 5.41 Å². The maximum absolute atomic E-state index is 13.6. The number of benzene rings is 2. The molecule has 33 heavy (non-hydrogen) atoms. The molecular formula is C26H28N4O3. The molecule has 5 rings (SSSR count). The molecule has 1 saturated carbocycles. The van der Waals surface area contributed by atoms with E-state index < -0.39 is 11.4 Å². The van der Waals surface area contributed by atoms with E-state index in [0.29, 0.717) is 32.0 Å². The molecule has 1 amide bonds. The number of carboxylic acid groups (broad SMARTS) is 1. The van der Waals surface area contributed by atoms with Crippen molar-refractivity contribution in [3.05, 3.63) is 73.1 Å². The van der Waals surface area contributed by atoms with Crippen molar-refractivity contribution in [2.45, 2.75) is 38.1 Å². The molecule has 0 spiro atoms. The second-order valence-electron chi connectivity index (χ2n) is 9.02. The van der Waals surface area contributed by atoms with Gasteiger partial charge in [0, 0.05) is 49.3 Å². The minimum Gasteiger partial charge on any atom is -0.481 e. The number of anilines is 3. The van der Waals surface area contributed by atoms with Crippen LogP contribution in [-0.2, 0) is 9.59 Å². The van der Waals surface area contributed by atoms with Crippen LogP contribution in [0.1, 0.15) is 38.1 Å². The van der Waals surface area contributed by atoms with Gasteiger partial charge in [0.15, 0.2) is 0 Å². The van der Waals surface area contributed by atoms with Gasteiger partial charge in [0.2, 0.25) is 11.9 Å². The fourth-order valence-corrected chi connectivity index (χ4v) is 4.75. The van der Waals surface area contributed by atoms with Gasteiger partial charge in [-0.3, -0.25) is 14.5 Å². The molecule has 2 aliphatic rings. The molecule has 2 aromatic carbocycles. The molecule has 1 N–H and O–H groups in total. The summed E-state index contributed by atoms with van der Waals surface area (Å²) >= 11 is 0. The quantitative estimate of drug-likeness (QED) is 0.574. The van der Waals surface area contributed by atoms with Crippen LogP contribution in [0.4, 0.5) is 17.3 Å². The molecule has 0 unspecified atom stereocenters. The predicted molar refractivity (Wildman–Crippen MR) is 127 cm³/mol. The number of rotatable bonds is 7. The molecule has 1 saturated heterocycles. The van der Waals surface area contributed by atoms with E-state index in [-0.39, 0.29) is 12.3 Å². The van der Waals surface area contributed by atoms with E-state index in [1.807, 2.05) is 73.1 Å². The number of hydrogen-bond acceptors (Lipinski definition) is 4. The monoisotopic (exact) mass is 444 g/mol. The van der Waals surface area contributed by atoms with Crippen LogP contribution >= 0.6 is 0 Å². The van der Waals surface area contributed by atoms with Crippen molar-refractivity contribution < 1.29 is 14.7 Å². The zero-order valence-electron chi connectivity index (χ0n) is 18.5. The molecule has 1 aliphatic heterocycles. The van der Waals surface area contributed by atoms with Gasteiger partial charge in [-0.25, -0.2) is 4.98 Å². The molecule has 1 aromatic heterocycles. The third kappa shape index (κ3) is 4.23. The highest BCUT2D eigenvalue weighted by molar-refractivity contribution is 6.02. The first-order chi connectivity index (χ1) is 16.1. The van der Waals surface area contributed by atoms with Crippen LogP contribution in [0.15, 0.2) is 73.1 Å². The van der Waals surface area contributed by atoms with Crippen LogP contribution in [0, 0.1) is 5.41 Å². The lowest BCUT2D eigenvalue weighted by Gasteiger charge is -2.40. The Labute approximate surface area is 193 Å². The highest BCUT2D eigenvalue weighted by atomic mass is 16.4. The summed E-state index contributed by atoms with van der Waals surface area (Å²) in [7, 11) is 0. The van der Waals surface area contributed by atoms with Crippen LogP contribution in [0.3, 0.4) is 0 Å². The van der Waals surface area contributed by atoms with Crippen LogP contribution < -0.4 is 9.80 Å². The third-order valence-corrected chi connectivity index (χ3v) is 6.81.